The Morgan fingerprint density at radius 1 is 1.17 bits per heavy atom. The van der Waals surface area contributed by atoms with Crippen molar-refractivity contribution in [2.24, 2.45) is 0 Å². The molecule has 0 aliphatic carbocycles. The molecule has 0 bridgehead atoms. The van der Waals surface area contributed by atoms with E-state index in [1.54, 1.807) is 18.4 Å². The van der Waals surface area contributed by atoms with Gasteiger partial charge in [0.15, 0.2) is 0 Å². The zero-order chi connectivity index (χ0) is 16.9. The van der Waals surface area contributed by atoms with E-state index in [0.29, 0.717) is 18.1 Å². The summed E-state index contributed by atoms with van der Waals surface area (Å²) in [6, 6.07) is 11.6. The lowest BCUT2D eigenvalue weighted by atomic mass is 9.87. The number of hydrogen-bond acceptors (Lipinski definition) is 3. The highest BCUT2D eigenvalue weighted by molar-refractivity contribution is 7.84. The van der Waals surface area contributed by atoms with Crippen molar-refractivity contribution in [3.8, 4) is 0 Å². The van der Waals surface area contributed by atoms with Crippen molar-refractivity contribution in [2.45, 2.75) is 38.5 Å². The van der Waals surface area contributed by atoms with Crippen molar-refractivity contribution in [3.63, 3.8) is 0 Å². The molecule has 0 radical (unpaired) electrons. The number of rotatable bonds is 6. The molecule has 0 aliphatic heterocycles. The third-order valence-electron chi connectivity index (χ3n) is 3.48. The predicted octanol–water partition coefficient (Wildman–Crippen LogP) is 3.14. The molecular weight excluding hydrogens is 310 g/mol. The van der Waals surface area contributed by atoms with Gasteiger partial charge in [-0.2, -0.15) is 0 Å². The molecule has 0 spiro atoms. The molecule has 0 aliphatic rings. The quantitative estimate of drug-likeness (QED) is 0.883. The lowest BCUT2D eigenvalue weighted by Crippen LogP contribution is -2.28. The molecule has 1 amide bonds. The molecule has 0 fully saturated rings. The maximum atomic E-state index is 12.1. The minimum Gasteiger partial charge on any atom is -0.467 e. The van der Waals surface area contributed by atoms with Crippen molar-refractivity contribution in [3.05, 3.63) is 59.5 Å². The second-order valence-electron chi connectivity index (χ2n) is 6.53. The number of carbonyl (C=O) groups is 1. The Hall–Kier alpha value is -1.88. The normalized spacial score (nSPS) is 12.8. The second kappa shape index (κ2) is 7.59. The van der Waals surface area contributed by atoms with Crippen molar-refractivity contribution in [2.75, 3.05) is 5.75 Å². The lowest BCUT2D eigenvalue weighted by molar-refractivity contribution is -0.118. The molecule has 0 saturated heterocycles. The van der Waals surface area contributed by atoms with Crippen LogP contribution in [0.5, 0.6) is 0 Å². The molecule has 124 valence electrons. The zero-order valence-corrected chi connectivity index (χ0v) is 14.6. The van der Waals surface area contributed by atoms with E-state index < -0.39 is 10.8 Å². The van der Waals surface area contributed by atoms with Crippen molar-refractivity contribution < 1.29 is 13.4 Å². The highest BCUT2D eigenvalue weighted by Crippen LogP contribution is 2.22. The van der Waals surface area contributed by atoms with Crippen molar-refractivity contribution in [1.29, 1.82) is 0 Å². The van der Waals surface area contributed by atoms with Crippen LogP contribution in [0.3, 0.4) is 0 Å². The predicted molar refractivity (Wildman–Crippen MR) is 92.4 cm³/mol. The van der Waals surface area contributed by atoms with Crippen LogP contribution >= 0.6 is 0 Å². The Bertz CT molecular complexity index is 655. The van der Waals surface area contributed by atoms with Crippen LogP contribution < -0.4 is 5.32 Å². The molecule has 1 aromatic heterocycles. The summed E-state index contributed by atoms with van der Waals surface area (Å²) >= 11 is 0. The first kappa shape index (κ1) is 17.5. The molecule has 1 unspecified atom stereocenters. The summed E-state index contributed by atoms with van der Waals surface area (Å²) in [7, 11) is -1.22. The second-order valence-corrected chi connectivity index (χ2v) is 7.99. The van der Waals surface area contributed by atoms with Crippen LogP contribution in [0.15, 0.2) is 47.1 Å². The van der Waals surface area contributed by atoms with Crippen LogP contribution in [0.25, 0.3) is 0 Å². The molecule has 0 saturated carbocycles. The average Bonchev–Trinajstić information content (AvgIpc) is 2.98. The van der Waals surface area contributed by atoms with E-state index in [9.17, 15) is 9.00 Å². The van der Waals surface area contributed by atoms with Crippen LogP contribution in [0.1, 0.15) is 37.7 Å². The molecule has 1 aromatic carbocycles. The standard InChI is InChI=1S/C18H23NO3S/c1-18(2,3)15-8-6-14(7-9-15)12-23(21)13-17(20)19-11-16-5-4-10-22-16/h4-10H,11-13H2,1-3H3,(H,19,20). The minimum absolute atomic E-state index is 0.00172. The first-order valence-corrected chi connectivity index (χ1v) is 9.07. The van der Waals surface area contributed by atoms with Crippen LogP contribution in [0.4, 0.5) is 0 Å². The summed E-state index contributed by atoms with van der Waals surface area (Å²) in [5.41, 5.74) is 2.32. The van der Waals surface area contributed by atoms with Gasteiger partial charge < -0.3 is 9.73 Å². The largest absolute Gasteiger partial charge is 0.467 e. The zero-order valence-electron chi connectivity index (χ0n) is 13.8. The smallest absolute Gasteiger partial charge is 0.233 e. The van der Waals surface area contributed by atoms with Gasteiger partial charge >= 0.3 is 0 Å². The Kier molecular flexibility index (Phi) is 5.77. The summed E-state index contributed by atoms with van der Waals surface area (Å²) in [5, 5.41) is 2.71. The van der Waals surface area contributed by atoms with Gasteiger partial charge in [0.25, 0.3) is 0 Å². The number of hydrogen-bond donors (Lipinski definition) is 1. The van der Waals surface area contributed by atoms with E-state index in [0.717, 1.165) is 5.56 Å². The van der Waals surface area contributed by atoms with Crippen molar-refractivity contribution >= 4 is 16.7 Å². The third-order valence-corrected chi connectivity index (χ3v) is 4.72. The fourth-order valence-corrected chi connectivity index (χ4v) is 3.19. The maximum Gasteiger partial charge on any atom is 0.233 e. The third kappa shape index (κ3) is 5.67. The van der Waals surface area contributed by atoms with Crippen LogP contribution in [-0.2, 0) is 33.3 Å². The Labute approximate surface area is 139 Å². The van der Waals surface area contributed by atoms with Gasteiger partial charge in [0.2, 0.25) is 5.91 Å². The molecule has 1 atom stereocenters. The molecule has 1 N–H and O–H groups in total. The van der Waals surface area contributed by atoms with E-state index >= 15 is 0 Å². The maximum absolute atomic E-state index is 12.1. The fourth-order valence-electron chi connectivity index (χ4n) is 2.13. The first-order chi connectivity index (χ1) is 10.8. The number of amides is 1. The number of benzene rings is 1. The molecule has 5 heteroatoms. The topological polar surface area (TPSA) is 59.3 Å². The molecule has 2 aromatic rings. The summed E-state index contributed by atoms with van der Waals surface area (Å²) < 4.78 is 17.2. The average molecular weight is 333 g/mol. The molecule has 2 rings (SSSR count). The summed E-state index contributed by atoms with van der Waals surface area (Å²) in [5.74, 6) is 0.841. The van der Waals surface area contributed by atoms with Gasteiger partial charge in [-0.15, -0.1) is 0 Å². The van der Waals surface area contributed by atoms with Crippen LogP contribution in [0, 0.1) is 0 Å². The highest BCUT2D eigenvalue weighted by atomic mass is 32.2. The molecule has 1 heterocycles. The number of furan rings is 1. The van der Waals surface area contributed by atoms with Gasteiger partial charge in [-0.3, -0.25) is 9.00 Å². The summed E-state index contributed by atoms with van der Waals surface area (Å²) in [6.07, 6.45) is 1.56. The molecular formula is C18H23NO3S. The number of carbonyl (C=O) groups excluding carboxylic acids is 1. The summed E-state index contributed by atoms with van der Waals surface area (Å²) in [4.78, 5) is 11.8. The lowest BCUT2D eigenvalue weighted by Gasteiger charge is -2.19. The SMILES string of the molecule is CC(C)(C)c1ccc(CS(=O)CC(=O)NCc2ccco2)cc1. The van der Waals surface area contributed by atoms with Gasteiger partial charge in [-0.1, -0.05) is 45.0 Å². The van der Waals surface area contributed by atoms with Gasteiger partial charge in [-0.05, 0) is 28.7 Å². The van der Waals surface area contributed by atoms with E-state index in [-0.39, 0.29) is 17.1 Å². The van der Waals surface area contributed by atoms with Gasteiger partial charge in [0.1, 0.15) is 11.5 Å². The first-order valence-electron chi connectivity index (χ1n) is 7.58. The minimum atomic E-state index is -1.22. The van der Waals surface area contributed by atoms with E-state index in [1.807, 2.05) is 12.1 Å². The van der Waals surface area contributed by atoms with E-state index in [2.05, 4.69) is 38.2 Å². The van der Waals surface area contributed by atoms with Crippen LogP contribution in [0.2, 0.25) is 0 Å². The molecule has 23 heavy (non-hydrogen) atoms. The highest BCUT2D eigenvalue weighted by Gasteiger charge is 2.14. The Balaban J connectivity index is 1.81. The van der Waals surface area contributed by atoms with Crippen LogP contribution in [-0.4, -0.2) is 15.9 Å². The monoisotopic (exact) mass is 333 g/mol. The summed E-state index contributed by atoms with van der Waals surface area (Å²) in [6.45, 7) is 6.79. The van der Waals surface area contributed by atoms with Gasteiger partial charge in [0, 0.05) is 16.6 Å². The number of nitrogens with one attached hydrogen (secondary N) is 1. The fraction of sp³-hybridized carbons (Fsp3) is 0.389. The van der Waals surface area contributed by atoms with E-state index in [1.165, 1.54) is 5.56 Å². The van der Waals surface area contributed by atoms with E-state index in [4.69, 9.17) is 4.42 Å². The van der Waals surface area contributed by atoms with Gasteiger partial charge in [-0.25, -0.2) is 0 Å². The van der Waals surface area contributed by atoms with Crippen molar-refractivity contribution in [1.82, 2.24) is 5.32 Å². The Morgan fingerprint density at radius 2 is 1.87 bits per heavy atom. The van der Waals surface area contributed by atoms with Gasteiger partial charge in [0.05, 0.1) is 12.8 Å². The molecule has 4 nitrogen and oxygen atoms in total. The Morgan fingerprint density at radius 3 is 2.43 bits per heavy atom.